The number of rotatable bonds is 6. The summed E-state index contributed by atoms with van der Waals surface area (Å²) < 4.78 is 18.3. The number of halogens is 1. The number of ether oxygens (including phenoxy) is 1. The normalized spacial score (nSPS) is 20.5. The van der Waals surface area contributed by atoms with Crippen LogP contribution in [0.3, 0.4) is 0 Å². The molecule has 0 saturated carbocycles. The average molecular weight is 349 g/mol. The zero-order valence-electron chi connectivity index (χ0n) is 14.2. The standard InChI is InChI=1S/C18H24FN3O3/c19-14-5-7-16(8-6-14)25-12-2-4-17(23)21-10-1-3-15(13-21)22-11-9-20-18(22)24/h5-8,15H,1-4,9-13H2,(H,20,24). The number of carbonyl (C=O) groups excluding carboxylic acids is 2. The highest BCUT2D eigenvalue weighted by molar-refractivity contribution is 5.78. The second kappa shape index (κ2) is 8.18. The third kappa shape index (κ3) is 4.61. The quantitative estimate of drug-likeness (QED) is 0.799. The van der Waals surface area contributed by atoms with E-state index in [9.17, 15) is 14.0 Å². The Kier molecular flexibility index (Phi) is 5.73. The van der Waals surface area contributed by atoms with Gasteiger partial charge in [0.05, 0.1) is 12.6 Å². The molecule has 7 heteroatoms. The molecule has 0 spiro atoms. The topological polar surface area (TPSA) is 61.9 Å². The van der Waals surface area contributed by atoms with Gasteiger partial charge in [0.2, 0.25) is 5.91 Å². The average Bonchev–Trinajstić information content (AvgIpc) is 3.06. The van der Waals surface area contributed by atoms with Crippen LogP contribution >= 0.6 is 0 Å². The van der Waals surface area contributed by atoms with Crippen molar-refractivity contribution < 1.29 is 18.7 Å². The number of hydrogen-bond donors (Lipinski definition) is 1. The fourth-order valence-electron chi connectivity index (χ4n) is 3.37. The van der Waals surface area contributed by atoms with Gasteiger partial charge in [0.25, 0.3) is 0 Å². The Hall–Kier alpha value is -2.31. The largest absolute Gasteiger partial charge is 0.494 e. The molecule has 0 aromatic heterocycles. The second-order valence-electron chi connectivity index (χ2n) is 6.47. The minimum atomic E-state index is -0.297. The fraction of sp³-hybridized carbons (Fsp3) is 0.556. The van der Waals surface area contributed by atoms with Crippen LogP contribution in [0, 0.1) is 5.82 Å². The SMILES string of the molecule is O=C(CCCOc1ccc(F)cc1)N1CCCC(N2CCNC2=O)C1. The first-order valence-electron chi connectivity index (χ1n) is 8.84. The molecular formula is C18H24FN3O3. The van der Waals surface area contributed by atoms with Crippen molar-refractivity contribution >= 4 is 11.9 Å². The van der Waals surface area contributed by atoms with Gasteiger partial charge in [0, 0.05) is 32.6 Å². The Morgan fingerprint density at radius 2 is 2.08 bits per heavy atom. The molecule has 1 aromatic rings. The van der Waals surface area contributed by atoms with Crippen LogP contribution < -0.4 is 10.1 Å². The van der Waals surface area contributed by atoms with Crippen molar-refractivity contribution in [3.8, 4) is 5.75 Å². The number of benzene rings is 1. The summed E-state index contributed by atoms with van der Waals surface area (Å²) in [7, 11) is 0. The molecule has 25 heavy (non-hydrogen) atoms. The molecule has 3 rings (SSSR count). The van der Waals surface area contributed by atoms with Crippen LogP contribution in [0.5, 0.6) is 5.75 Å². The molecule has 136 valence electrons. The van der Waals surface area contributed by atoms with Gasteiger partial charge in [-0.2, -0.15) is 0 Å². The predicted octanol–water partition coefficient (Wildman–Crippen LogP) is 2.00. The zero-order valence-corrected chi connectivity index (χ0v) is 14.2. The van der Waals surface area contributed by atoms with Gasteiger partial charge in [-0.3, -0.25) is 4.79 Å². The van der Waals surface area contributed by atoms with Gasteiger partial charge < -0.3 is 19.9 Å². The molecule has 3 amide bonds. The van der Waals surface area contributed by atoms with Gasteiger partial charge in [0.1, 0.15) is 11.6 Å². The van der Waals surface area contributed by atoms with E-state index in [1.54, 1.807) is 12.1 Å². The van der Waals surface area contributed by atoms with Crippen LogP contribution in [-0.4, -0.2) is 60.6 Å². The van der Waals surface area contributed by atoms with E-state index in [1.165, 1.54) is 12.1 Å². The van der Waals surface area contributed by atoms with E-state index in [0.29, 0.717) is 38.3 Å². The van der Waals surface area contributed by atoms with Crippen molar-refractivity contribution in [3.05, 3.63) is 30.1 Å². The number of nitrogens with one attached hydrogen (secondary N) is 1. The van der Waals surface area contributed by atoms with Crippen molar-refractivity contribution in [2.75, 3.05) is 32.8 Å². The van der Waals surface area contributed by atoms with Crippen LogP contribution in [0.4, 0.5) is 9.18 Å². The van der Waals surface area contributed by atoms with Crippen LogP contribution in [0.2, 0.25) is 0 Å². The summed E-state index contributed by atoms with van der Waals surface area (Å²) in [6.45, 7) is 3.19. The summed E-state index contributed by atoms with van der Waals surface area (Å²) in [5.41, 5.74) is 0. The zero-order chi connectivity index (χ0) is 17.6. The van der Waals surface area contributed by atoms with Crippen molar-refractivity contribution in [2.45, 2.75) is 31.7 Å². The number of urea groups is 1. The lowest BCUT2D eigenvalue weighted by Gasteiger charge is -2.37. The highest BCUT2D eigenvalue weighted by Crippen LogP contribution is 2.19. The summed E-state index contributed by atoms with van der Waals surface area (Å²) in [4.78, 5) is 27.9. The first kappa shape index (κ1) is 17.5. The van der Waals surface area contributed by atoms with E-state index < -0.39 is 0 Å². The van der Waals surface area contributed by atoms with E-state index in [-0.39, 0.29) is 23.8 Å². The molecule has 6 nitrogen and oxygen atoms in total. The van der Waals surface area contributed by atoms with E-state index in [0.717, 1.165) is 25.9 Å². The molecular weight excluding hydrogens is 325 g/mol. The van der Waals surface area contributed by atoms with E-state index >= 15 is 0 Å². The van der Waals surface area contributed by atoms with Crippen molar-refractivity contribution in [3.63, 3.8) is 0 Å². The van der Waals surface area contributed by atoms with E-state index in [2.05, 4.69) is 5.32 Å². The lowest BCUT2D eigenvalue weighted by atomic mass is 10.0. The molecule has 0 radical (unpaired) electrons. The minimum absolute atomic E-state index is 0.0213. The van der Waals surface area contributed by atoms with Gasteiger partial charge in [-0.1, -0.05) is 0 Å². The fourth-order valence-corrected chi connectivity index (χ4v) is 3.37. The Labute approximate surface area is 146 Å². The first-order chi connectivity index (χ1) is 12.1. The Balaban J connectivity index is 1.40. The highest BCUT2D eigenvalue weighted by atomic mass is 19.1. The number of likely N-dealkylation sites (tertiary alicyclic amines) is 1. The number of amides is 3. The Morgan fingerprint density at radius 3 is 2.80 bits per heavy atom. The molecule has 2 aliphatic rings. The molecule has 0 aliphatic carbocycles. The molecule has 0 bridgehead atoms. The Bertz CT molecular complexity index is 608. The number of piperidine rings is 1. The maximum atomic E-state index is 12.8. The van der Waals surface area contributed by atoms with Gasteiger partial charge >= 0.3 is 6.03 Å². The van der Waals surface area contributed by atoms with Crippen molar-refractivity contribution in [2.24, 2.45) is 0 Å². The van der Waals surface area contributed by atoms with Crippen molar-refractivity contribution in [1.82, 2.24) is 15.1 Å². The molecule has 2 saturated heterocycles. The third-order valence-corrected chi connectivity index (χ3v) is 4.70. The van der Waals surface area contributed by atoms with Gasteiger partial charge in [-0.15, -0.1) is 0 Å². The molecule has 2 fully saturated rings. The molecule has 1 atom stereocenters. The lowest BCUT2D eigenvalue weighted by Crippen LogP contribution is -2.50. The van der Waals surface area contributed by atoms with E-state index in [1.807, 2.05) is 9.80 Å². The number of nitrogens with zero attached hydrogens (tertiary/aromatic N) is 2. The van der Waals surface area contributed by atoms with Gasteiger partial charge in [-0.25, -0.2) is 9.18 Å². The number of carbonyl (C=O) groups is 2. The molecule has 2 aliphatic heterocycles. The van der Waals surface area contributed by atoms with E-state index in [4.69, 9.17) is 4.74 Å². The second-order valence-corrected chi connectivity index (χ2v) is 6.47. The summed E-state index contributed by atoms with van der Waals surface area (Å²) in [5, 5.41) is 2.82. The van der Waals surface area contributed by atoms with Crippen LogP contribution in [0.15, 0.2) is 24.3 Å². The Morgan fingerprint density at radius 1 is 1.28 bits per heavy atom. The minimum Gasteiger partial charge on any atom is -0.494 e. The summed E-state index contributed by atoms with van der Waals surface area (Å²) >= 11 is 0. The monoisotopic (exact) mass is 349 g/mol. The summed E-state index contributed by atoms with van der Waals surface area (Å²) in [6.07, 6.45) is 2.90. The third-order valence-electron chi connectivity index (χ3n) is 4.70. The molecule has 1 unspecified atom stereocenters. The predicted molar refractivity (Wildman–Crippen MR) is 90.8 cm³/mol. The maximum Gasteiger partial charge on any atom is 0.317 e. The smallest absolute Gasteiger partial charge is 0.317 e. The van der Waals surface area contributed by atoms with Crippen molar-refractivity contribution in [1.29, 1.82) is 0 Å². The van der Waals surface area contributed by atoms with Crippen LogP contribution in [0.1, 0.15) is 25.7 Å². The molecule has 1 N–H and O–H groups in total. The highest BCUT2D eigenvalue weighted by Gasteiger charge is 2.32. The van der Waals surface area contributed by atoms with Gasteiger partial charge in [0.15, 0.2) is 0 Å². The summed E-state index contributed by atoms with van der Waals surface area (Å²) in [5.74, 6) is 0.410. The van der Waals surface area contributed by atoms with Crippen LogP contribution in [-0.2, 0) is 4.79 Å². The molecule has 2 heterocycles. The lowest BCUT2D eigenvalue weighted by molar-refractivity contribution is -0.133. The number of hydrogen-bond acceptors (Lipinski definition) is 3. The first-order valence-corrected chi connectivity index (χ1v) is 8.84. The van der Waals surface area contributed by atoms with Gasteiger partial charge in [-0.05, 0) is 43.5 Å². The summed E-state index contributed by atoms with van der Waals surface area (Å²) in [6, 6.07) is 5.95. The van der Waals surface area contributed by atoms with Crippen LogP contribution in [0.25, 0.3) is 0 Å². The molecule has 1 aromatic carbocycles. The maximum absolute atomic E-state index is 12.8.